The molecule has 0 radical (unpaired) electrons. The summed E-state index contributed by atoms with van der Waals surface area (Å²) in [5.74, 6) is 1.72. The molecule has 12 heteroatoms. The van der Waals surface area contributed by atoms with Gasteiger partial charge in [-0.05, 0) is 111 Å². The molecule has 4 rings (SSSR count). The van der Waals surface area contributed by atoms with Crippen molar-refractivity contribution < 1.29 is 28.6 Å². The lowest BCUT2D eigenvalue weighted by molar-refractivity contribution is -0.146. The number of piperidine rings is 1. The second-order valence-corrected chi connectivity index (χ2v) is 12.7. The zero-order valence-corrected chi connectivity index (χ0v) is 29.0. The van der Waals surface area contributed by atoms with Crippen LogP contribution in [0.25, 0.3) is 0 Å². The van der Waals surface area contributed by atoms with Crippen molar-refractivity contribution in [3.8, 4) is 11.5 Å². The van der Waals surface area contributed by atoms with Gasteiger partial charge in [-0.1, -0.05) is 49.3 Å². The summed E-state index contributed by atoms with van der Waals surface area (Å²) in [6, 6.07) is 23.1. The van der Waals surface area contributed by atoms with E-state index in [2.05, 4.69) is 15.0 Å². The van der Waals surface area contributed by atoms with Crippen LogP contribution in [0.15, 0.2) is 89.0 Å². The molecule has 1 aliphatic rings. The summed E-state index contributed by atoms with van der Waals surface area (Å²) in [5, 5.41) is 3.71. The number of benzene rings is 3. The minimum Gasteiger partial charge on any atom is -0.494 e. The average Bonchev–Trinajstić information content (AvgIpc) is 3.14. The zero-order valence-electron chi connectivity index (χ0n) is 29.0. The van der Waals surface area contributed by atoms with E-state index in [0.717, 1.165) is 56.0 Å². The van der Waals surface area contributed by atoms with Crippen molar-refractivity contribution in [2.45, 2.75) is 58.6 Å². The first-order valence-electron chi connectivity index (χ1n) is 17.2. The maximum Gasteiger partial charge on any atom is 0.435 e. The molecule has 0 saturated carbocycles. The smallest absolute Gasteiger partial charge is 0.435 e. The number of nitrogens with two attached hydrogens (primary N) is 3. The lowest BCUT2D eigenvalue weighted by Gasteiger charge is -2.32. The van der Waals surface area contributed by atoms with Crippen molar-refractivity contribution in [1.82, 2.24) is 4.90 Å². The summed E-state index contributed by atoms with van der Waals surface area (Å²) < 4.78 is 17.0. The number of amidine groups is 2. The molecule has 0 unspecified atom stereocenters. The monoisotopic (exact) mass is 686 g/mol. The third-order valence-corrected chi connectivity index (χ3v) is 8.56. The first kappa shape index (κ1) is 37.9. The van der Waals surface area contributed by atoms with Crippen LogP contribution in [0.2, 0.25) is 0 Å². The topological polar surface area (TPSA) is 177 Å². The maximum absolute atomic E-state index is 12.0. The molecule has 1 fully saturated rings. The highest BCUT2D eigenvalue weighted by atomic mass is 16.7. The van der Waals surface area contributed by atoms with Crippen molar-refractivity contribution in [2.75, 3.05) is 32.8 Å². The van der Waals surface area contributed by atoms with Gasteiger partial charge >= 0.3 is 12.1 Å². The van der Waals surface area contributed by atoms with Crippen LogP contribution in [-0.2, 0) is 21.0 Å². The fourth-order valence-electron chi connectivity index (χ4n) is 5.38. The standard InChI is InChI=1S/C38H50N6O6/c1-27(2)34(39)37(45)50-43-36(41)31-13-17-33(18-14-31)48-25-7-21-44-22-19-28(20-23-44)10-6-24-47-32-15-11-30(12-16-32)35(40)42-38(46)49-26-29-8-4-3-5-9-29/h3-5,8-9,11-18,27-28,34H,6-7,10,19-26,39H2,1-2H3,(H2,41,43)(H2,40,42,46)/t34-/m0/s1. The highest BCUT2D eigenvalue weighted by Gasteiger charge is 2.20. The molecule has 3 aromatic rings. The molecule has 0 aliphatic carbocycles. The first-order chi connectivity index (χ1) is 24.2. The number of oxime groups is 1. The van der Waals surface area contributed by atoms with Crippen molar-refractivity contribution in [1.29, 1.82) is 0 Å². The number of rotatable bonds is 17. The van der Waals surface area contributed by atoms with E-state index in [1.165, 1.54) is 12.8 Å². The number of carbonyl (C=O) groups is 2. The molecule has 50 heavy (non-hydrogen) atoms. The Bertz CT molecular complexity index is 1540. The van der Waals surface area contributed by atoms with Gasteiger partial charge in [-0.25, -0.2) is 9.59 Å². The van der Waals surface area contributed by atoms with Gasteiger partial charge in [0.2, 0.25) is 0 Å². The minimum absolute atomic E-state index is 0.0568. The highest BCUT2D eigenvalue weighted by molar-refractivity contribution is 6.02. The first-order valence-corrected chi connectivity index (χ1v) is 17.2. The van der Waals surface area contributed by atoms with E-state index in [1.807, 2.05) is 68.4 Å². The molecular weight excluding hydrogens is 636 g/mol. The van der Waals surface area contributed by atoms with Gasteiger partial charge in [-0.3, -0.25) is 0 Å². The summed E-state index contributed by atoms with van der Waals surface area (Å²) in [6.07, 6.45) is 4.71. The van der Waals surface area contributed by atoms with Crippen LogP contribution < -0.4 is 26.7 Å². The quantitative estimate of drug-likeness (QED) is 0.0561. The van der Waals surface area contributed by atoms with Gasteiger partial charge in [0.25, 0.3) is 0 Å². The van der Waals surface area contributed by atoms with Gasteiger partial charge in [0, 0.05) is 17.7 Å². The largest absolute Gasteiger partial charge is 0.494 e. The predicted octanol–water partition coefficient (Wildman–Crippen LogP) is 5.22. The lowest BCUT2D eigenvalue weighted by Crippen LogP contribution is -2.36. The molecule has 268 valence electrons. The highest BCUT2D eigenvalue weighted by Crippen LogP contribution is 2.23. The molecule has 12 nitrogen and oxygen atoms in total. The van der Waals surface area contributed by atoms with Crippen LogP contribution in [0.3, 0.4) is 0 Å². The Morgan fingerprint density at radius 1 is 0.820 bits per heavy atom. The normalized spacial score (nSPS) is 15.0. The number of carbonyl (C=O) groups excluding carboxylic acids is 2. The average molecular weight is 687 g/mol. The Morgan fingerprint density at radius 3 is 2.00 bits per heavy atom. The second kappa shape index (κ2) is 19.9. The molecule has 1 atom stereocenters. The zero-order chi connectivity index (χ0) is 35.7. The number of likely N-dealkylation sites (tertiary alicyclic amines) is 1. The summed E-state index contributed by atoms with van der Waals surface area (Å²) in [7, 11) is 0. The minimum atomic E-state index is -0.752. The SMILES string of the molecule is CC(C)[C@H](N)C(=O)O/N=C(\N)c1ccc(OCCCN2CCC(CCCOc3ccc(C(N)=NC(=O)OCc4ccccc4)cc3)CC2)cc1. The Labute approximate surface area is 294 Å². The van der Waals surface area contributed by atoms with Crippen molar-refractivity contribution in [2.24, 2.45) is 39.2 Å². The number of aliphatic imine (C=N–C) groups is 1. The van der Waals surface area contributed by atoms with Crippen molar-refractivity contribution >= 4 is 23.7 Å². The number of hydrogen-bond acceptors (Lipinski definition) is 9. The van der Waals surface area contributed by atoms with Gasteiger partial charge in [0.1, 0.15) is 30.0 Å². The number of amides is 1. The van der Waals surface area contributed by atoms with E-state index in [-0.39, 0.29) is 24.2 Å². The van der Waals surface area contributed by atoms with Crippen molar-refractivity contribution in [3.63, 3.8) is 0 Å². The van der Waals surface area contributed by atoms with E-state index < -0.39 is 18.1 Å². The second-order valence-electron chi connectivity index (χ2n) is 12.7. The van der Waals surface area contributed by atoms with Gasteiger partial charge in [0.15, 0.2) is 5.84 Å². The van der Waals surface area contributed by atoms with Crippen LogP contribution in [-0.4, -0.2) is 67.5 Å². The van der Waals surface area contributed by atoms with E-state index >= 15 is 0 Å². The van der Waals surface area contributed by atoms with E-state index in [9.17, 15) is 9.59 Å². The Hall–Kier alpha value is -4.94. The van der Waals surface area contributed by atoms with Crippen molar-refractivity contribution in [3.05, 3.63) is 95.6 Å². The molecule has 3 aromatic carbocycles. The molecule has 1 heterocycles. The third kappa shape index (κ3) is 12.8. The van der Waals surface area contributed by atoms with E-state index in [4.69, 9.17) is 36.2 Å². The Morgan fingerprint density at radius 2 is 1.40 bits per heavy atom. The van der Waals surface area contributed by atoms with Crippen LogP contribution >= 0.6 is 0 Å². The third-order valence-electron chi connectivity index (χ3n) is 8.56. The summed E-state index contributed by atoms with van der Waals surface area (Å²) >= 11 is 0. The molecule has 1 aliphatic heterocycles. The lowest BCUT2D eigenvalue weighted by atomic mass is 9.92. The number of hydrogen-bond donors (Lipinski definition) is 3. The summed E-state index contributed by atoms with van der Waals surface area (Å²) in [6.45, 7) is 8.25. The molecule has 0 spiro atoms. The van der Waals surface area contributed by atoms with Gasteiger partial charge in [0.05, 0.1) is 13.2 Å². The maximum atomic E-state index is 12.0. The number of nitrogens with zero attached hydrogens (tertiary/aromatic N) is 3. The fraction of sp³-hybridized carbons (Fsp3) is 0.421. The van der Waals surface area contributed by atoms with E-state index in [0.29, 0.717) is 30.3 Å². The molecule has 0 bridgehead atoms. The van der Waals surface area contributed by atoms with Crippen LogP contribution in [0.1, 0.15) is 62.6 Å². The predicted molar refractivity (Wildman–Crippen MR) is 194 cm³/mol. The van der Waals surface area contributed by atoms with E-state index in [1.54, 1.807) is 24.3 Å². The van der Waals surface area contributed by atoms with Crippen LogP contribution in [0.5, 0.6) is 11.5 Å². The Balaban J connectivity index is 1.04. The van der Waals surface area contributed by atoms with Crippen LogP contribution in [0.4, 0.5) is 4.79 Å². The van der Waals surface area contributed by atoms with Gasteiger partial charge < -0.3 is 41.1 Å². The molecule has 1 amide bonds. The molecule has 1 saturated heterocycles. The molecule has 6 N–H and O–H groups in total. The molecule has 0 aromatic heterocycles. The Kier molecular flexibility index (Phi) is 15.1. The summed E-state index contributed by atoms with van der Waals surface area (Å²) in [5.41, 5.74) is 19.9. The van der Waals surface area contributed by atoms with Gasteiger partial charge in [-0.15, -0.1) is 0 Å². The van der Waals surface area contributed by atoms with Crippen LogP contribution in [0, 0.1) is 11.8 Å². The number of ether oxygens (including phenoxy) is 3. The molecular formula is C38H50N6O6. The fourth-order valence-corrected chi connectivity index (χ4v) is 5.38. The summed E-state index contributed by atoms with van der Waals surface area (Å²) in [4.78, 5) is 35.1. The van der Waals surface area contributed by atoms with Gasteiger partial charge in [-0.2, -0.15) is 4.99 Å².